The molecule has 2 fully saturated rings. The summed E-state index contributed by atoms with van der Waals surface area (Å²) in [5, 5.41) is 4.16. The lowest BCUT2D eigenvalue weighted by atomic mass is 10.2. The molecule has 5 nitrogen and oxygen atoms in total. The Balaban J connectivity index is 1.36. The molecule has 0 spiro atoms. The van der Waals surface area contributed by atoms with Gasteiger partial charge in [0.15, 0.2) is 0 Å². The van der Waals surface area contributed by atoms with E-state index in [9.17, 15) is 4.79 Å². The molecule has 1 amide bonds. The molecule has 128 valence electrons. The van der Waals surface area contributed by atoms with Crippen molar-refractivity contribution in [3.63, 3.8) is 0 Å². The molecule has 0 radical (unpaired) electrons. The second kappa shape index (κ2) is 6.78. The van der Waals surface area contributed by atoms with Gasteiger partial charge >= 0.3 is 0 Å². The van der Waals surface area contributed by atoms with Crippen LogP contribution in [0.3, 0.4) is 0 Å². The van der Waals surface area contributed by atoms with Crippen LogP contribution in [0.4, 0.5) is 5.69 Å². The Morgan fingerprint density at radius 3 is 3.08 bits per heavy atom. The monoisotopic (exact) mass is 346 g/mol. The molecule has 1 N–H and O–H groups in total. The van der Waals surface area contributed by atoms with Gasteiger partial charge in [-0.05, 0) is 50.8 Å². The second-order valence-electron chi connectivity index (χ2n) is 6.61. The molecule has 1 saturated heterocycles. The van der Waals surface area contributed by atoms with E-state index in [4.69, 9.17) is 9.47 Å². The first-order valence-corrected chi connectivity index (χ1v) is 9.45. The number of carbonyl (C=O) groups is 1. The van der Waals surface area contributed by atoms with Crippen LogP contribution in [0.1, 0.15) is 43.5 Å². The van der Waals surface area contributed by atoms with E-state index < -0.39 is 6.10 Å². The zero-order chi connectivity index (χ0) is 16.5. The van der Waals surface area contributed by atoms with Crippen LogP contribution in [-0.2, 0) is 14.3 Å². The Hall–Kier alpha value is -1.50. The smallest absolute Gasteiger partial charge is 0.253 e. The van der Waals surface area contributed by atoms with Crippen LogP contribution in [0.5, 0.6) is 0 Å². The normalized spacial score (nSPS) is 22.0. The summed E-state index contributed by atoms with van der Waals surface area (Å²) in [5.74, 6) is 0.533. The summed E-state index contributed by atoms with van der Waals surface area (Å²) < 4.78 is 12.3. The Kier molecular flexibility index (Phi) is 4.52. The SMILES string of the molecule is C[C@@H](OC[C@@H]1CCCO1)C(=O)Nc1ccc2nc(C3CC3)sc2c1. The number of nitrogens with zero attached hydrogens (tertiary/aromatic N) is 1. The summed E-state index contributed by atoms with van der Waals surface area (Å²) in [5.41, 5.74) is 1.81. The van der Waals surface area contributed by atoms with Crippen LogP contribution in [0.15, 0.2) is 18.2 Å². The van der Waals surface area contributed by atoms with Crippen LogP contribution < -0.4 is 5.32 Å². The van der Waals surface area contributed by atoms with Crippen LogP contribution >= 0.6 is 11.3 Å². The van der Waals surface area contributed by atoms with Crippen molar-refractivity contribution in [1.82, 2.24) is 4.98 Å². The van der Waals surface area contributed by atoms with Crippen LogP contribution in [0, 0.1) is 0 Å². The first-order chi connectivity index (χ1) is 11.7. The number of benzene rings is 1. The second-order valence-corrected chi connectivity index (χ2v) is 7.67. The largest absolute Gasteiger partial charge is 0.376 e. The number of amides is 1. The predicted octanol–water partition coefficient (Wildman–Crippen LogP) is 3.70. The van der Waals surface area contributed by atoms with Gasteiger partial charge in [0.2, 0.25) is 0 Å². The van der Waals surface area contributed by atoms with Gasteiger partial charge in [0.05, 0.1) is 27.9 Å². The highest BCUT2D eigenvalue weighted by molar-refractivity contribution is 7.18. The van der Waals surface area contributed by atoms with Crippen molar-refractivity contribution in [2.45, 2.75) is 50.7 Å². The van der Waals surface area contributed by atoms with Gasteiger partial charge in [0.25, 0.3) is 5.91 Å². The van der Waals surface area contributed by atoms with Crippen molar-refractivity contribution in [2.24, 2.45) is 0 Å². The molecule has 0 bridgehead atoms. The van der Waals surface area contributed by atoms with Gasteiger partial charge in [-0.2, -0.15) is 0 Å². The molecule has 0 unspecified atom stereocenters. The quantitative estimate of drug-likeness (QED) is 0.866. The third kappa shape index (κ3) is 3.61. The average Bonchev–Trinajstić information content (AvgIpc) is 3.14. The highest BCUT2D eigenvalue weighted by atomic mass is 32.1. The molecule has 24 heavy (non-hydrogen) atoms. The van der Waals surface area contributed by atoms with Crippen molar-refractivity contribution in [2.75, 3.05) is 18.5 Å². The Morgan fingerprint density at radius 1 is 1.46 bits per heavy atom. The van der Waals surface area contributed by atoms with E-state index in [1.54, 1.807) is 18.3 Å². The number of rotatable bonds is 6. The minimum absolute atomic E-state index is 0.126. The molecule has 2 atom stereocenters. The van der Waals surface area contributed by atoms with Crippen molar-refractivity contribution in [3.05, 3.63) is 23.2 Å². The van der Waals surface area contributed by atoms with E-state index in [1.165, 1.54) is 17.8 Å². The van der Waals surface area contributed by atoms with Crippen LogP contribution in [0.25, 0.3) is 10.2 Å². The molecule has 4 rings (SSSR count). The van der Waals surface area contributed by atoms with Crippen molar-refractivity contribution >= 4 is 33.1 Å². The minimum atomic E-state index is -0.492. The third-order valence-electron chi connectivity index (χ3n) is 4.52. The number of ether oxygens (including phenoxy) is 2. The molecular weight excluding hydrogens is 324 g/mol. The highest BCUT2D eigenvalue weighted by Crippen LogP contribution is 2.43. The summed E-state index contributed by atoms with van der Waals surface area (Å²) >= 11 is 1.73. The molecule has 1 aromatic carbocycles. The van der Waals surface area contributed by atoms with Gasteiger partial charge in [-0.1, -0.05) is 0 Å². The molecule has 6 heteroatoms. The maximum atomic E-state index is 12.3. The van der Waals surface area contributed by atoms with Crippen LogP contribution in [0.2, 0.25) is 0 Å². The molecular formula is C18H22N2O3S. The first kappa shape index (κ1) is 16.0. The fourth-order valence-corrected chi connectivity index (χ4v) is 4.05. The minimum Gasteiger partial charge on any atom is -0.376 e. The zero-order valence-corrected chi connectivity index (χ0v) is 14.6. The number of hydrogen-bond donors (Lipinski definition) is 1. The van der Waals surface area contributed by atoms with E-state index in [1.807, 2.05) is 18.2 Å². The zero-order valence-electron chi connectivity index (χ0n) is 13.8. The summed E-state index contributed by atoms with van der Waals surface area (Å²) in [7, 11) is 0. The Bertz CT molecular complexity index is 735. The molecule has 2 aliphatic rings. The van der Waals surface area contributed by atoms with Crippen molar-refractivity contribution < 1.29 is 14.3 Å². The Labute approximate surface area is 145 Å². The lowest BCUT2D eigenvalue weighted by Gasteiger charge is -2.16. The topological polar surface area (TPSA) is 60.5 Å². The number of thiazole rings is 1. The maximum Gasteiger partial charge on any atom is 0.253 e. The molecule has 2 aromatic rings. The number of anilines is 1. The number of carbonyl (C=O) groups excluding carboxylic acids is 1. The van der Waals surface area contributed by atoms with E-state index in [2.05, 4.69) is 10.3 Å². The van der Waals surface area contributed by atoms with E-state index in [0.717, 1.165) is 35.4 Å². The van der Waals surface area contributed by atoms with E-state index in [0.29, 0.717) is 12.5 Å². The number of hydrogen-bond acceptors (Lipinski definition) is 5. The molecule has 2 heterocycles. The Morgan fingerprint density at radius 2 is 2.33 bits per heavy atom. The van der Waals surface area contributed by atoms with Gasteiger partial charge < -0.3 is 14.8 Å². The average molecular weight is 346 g/mol. The number of fused-ring (bicyclic) bond motifs is 1. The standard InChI is InChI=1S/C18H22N2O3S/c1-11(23-10-14-3-2-8-22-14)17(21)19-13-6-7-15-16(9-13)24-18(20-15)12-4-5-12/h6-7,9,11-12,14H,2-5,8,10H2,1H3,(H,19,21)/t11-,14+/m1/s1. The fraction of sp³-hybridized carbons (Fsp3) is 0.556. The summed E-state index contributed by atoms with van der Waals surface area (Å²) in [6.45, 7) is 3.06. The molecule has 1 aliphatic heterocycles. The van der Waals surface area contributed by atoms with Gasteiger partial charge in [-0.15, -0.1) is 11.3 Å². The molecule has 1 aromatic heterocycles. The highest BCUT2D eigenvalue weighted by Gasteiger charge is 2.27. The van der Waals surface area contributed by atoms with Crippen LogP contribution in [-0.4, -0.2) is 36.3 Å². The summed E-state index contributed by atoms with van der Waals surface area (Å²) in [4.78, 5) is 17.0. The molecule has 1 saturated carbocycles. The fourth-order valence-electron chi connectivity index (χ4n) is 2.87. The maximum absolute atomic E-state index is 12.3. The number of nitrogens with one attached hydrogen (secondary N) is 1. The van der Waals surface area contributed by atoms with Gasteiger partial charge in [-0.3, -0.25) is 4.79 Å². The predicted molar refractivity (Wildman–Crippen MR) is 94.6 cm³/mol. The van der Waals surface area contributed by atoms with E-state index >= 15 is 0 Å². The summed E-state index contributed by atoms with van der Waals surface area (Å²) in [6, 6.07) is 5.89. The van der Waals surface area contributed by atoms with Gasteiger partial charge in [0.1, 0.15) is 6.10 Å². The lowest BCUT2D eigenvalue weighted by molar-refractivity contribution is -0.128. The third-order valence-corrected chi connectivity index (χ3v) is 5.71. The van der Waals surface area contributed by atoms with Crippen molar-refractivity contribution in [3.8, 4) is 0 Å². The number of aromatic nitrogens is 1. The van der Waals surface area contributed by atoms with Crippen molar-refractivity contribution in [1.29, 1.82) is 0 Å². The first-order valence-electron chi connectivity index (χ1n) is 8.63. The molecule has 1 aliphatic carbocycles. The van der Waals surface area contributed by atoms with E-state index in [-0.39, 0.29) is 12.0 Å². The van der Waals surface area contributed by atoms with Gasteiger partial charge in [0, 0.05) is 18.2 Å². The van der Waals surface area contributed by atoms with Gasteiger partial charge in [-0.25, -0.2) is 4.98 Å². The lowest BCUT2D eigenvalue weighted by Crippen LogP contribution is -2.30. The summed E-state index contributed by atoms with van der Waals surface area (Å²) in [6.07, 6.45) is 4.24.